The maximum absolute atomic E-state index is 12.5. The second-order valence-corrected chi connectivity index (χ2v) is 10.9. The minimum atomic E-state index is -4.30. The van der Waals surface area contributed by atoms with Gasteiger partial charge in [0.15, 0.2) is 0 Å². The third kappa shape index (κ3) is 8.90. The average Bonchev–Trinajstić information content (AvgIpc) is 3.24. The van der Waals surface area contributed by atoms with Crippen LogP contribution in [0.3, 0.4) is 0 Å². The number of nitrogens with one attached hydrogen (secondary N) is 1. The Bertz CT molecular complexity index is 1080. The number of thioether (sulfide) groups is 1. The van der Waals surface area contributed by atoms with Crippen LogP contribution in [0.1, 0.15) is 34.4 Å². The Hall–Kier alpha value is -2.43. The van der Waals surface area contributed by atoms with Gasteiger partial charge in [-0.15, -0.1) is 11.3 Å². The molecule has 0 aliphatic rings. The molecule has 1 N–H and O–H groups in total. The summed E-state index contributed by atoms with van der Waals surface area (Å²) in [6.07, 6.45) is 3.91. The van der Waals surface area contributed by atoms with Crippen molar-refractivity contribution in [2.75, 3.05) is 20.8 Å². The topological polar surface area (TPSA) is 52.6 Å². The van der Waals surface area contributed by atoms with Crippen LogP contribution in [0.2, 0.25) is 0 Å². The van der Waals surface area contributed by atoms with Crippen molar-refractivity contribution in [3.8, 4) is 17.2 Å². The summed E-state index contributed by atoms with van der Waals surface area (Å²) in [6, 6.07) is 9.70. The molecule has 1 aromatic heterocycles. The van der Waals surface area contributed by atoms with E-state index in [0.29, 0.717) is 29.7 Å². The lowest BCUT2D eigenvalue weighted by Crippen LogP contribution is -2.18. The number of ether oxygens (including phenoxy) is 3. The molecule has 5 nitrogen and oxygen atoms in total. The average molecular weight is 541 g/mol. The highest BCUT2D eigenvalue weighted by Gasteiger charge is 2.29. The van der Waals surface area contributed by atoms with Gasteiger partial charge in [-0.05, 0) is 55.3 Å². The second kappa shape index (κ2) is 13.2. The van der Waals surface area contributed by atoms with Crippen molar-refractivity contribution < 1.29 is 27.4 Å². The minimum absolute atomic E-state index is 0.136. The quantitative estimate of drug-likeness (QED) is 0.186. The molecule has 0 aliphatic heterocycles. The molecule has 36 heavy (non-hydrogen) atoms. The highest BCUT2D eigenvalue weighted by atomic mass is 32.2. The van der Waals surface area contributed by atoms with Gasteiger partial charge in [-0.3, -0.25) is 0 Å². The van der Waals surface area contributed by atoms with E-state index >= 15 is 0 Å². The summed E-state index contributed by atoms with van der Waals surface area (Å²) in [7, 11) is 3.19. The van der Waals surface area contributed by atoms with Crippen LogP contribution in [0.5, 0.6) is 17.2 Å². The number of rotatable bonds is 13. The summed E-state index contributed by atoms with van der Waals surface area (Å²) in [5, 5.41) is 4.65. The number of halogens is 3. The predicted molar refractivity (Wildman–Crippen MR) is 138 cm³/mol. The number of thiazole rings is 1. The number of alkyl halides is 3. The Balaban J connectivity index is 1.54. The van der Waals surface area contributed by atoms with E-state index in [9.17, 15) is 13.2 Å². The molecule has 3 rings (SSSR count). The SMILES string of the molecule is COc1cc(OCc2ccc(SC(F)(F)F)cc2)cc(OC)c1CNCCC(C)Cc1ncc(C)s1. The molecule has 0 amide bonds. The van der Waals surface area contributed by atoms with E-state index in [1.54, 1.807) is 49.8 Å². The normalized spacial score (nSPS) is 12.4. The lowest BCUT2D eigenvalue weighted by atomic mass is 10.0. The summed E-state index contributed by atoms with van der Waals surface area (Å²) in [5.74, 6) is 2.34. The Labute approximate surface area is 218 Å². The summed E-state index contributed by atoms with van der Waals surface area (Å²) < 4.78 is 54.6. The second-order valence-electron chi connectivity index (χ2n) is 8.43. The molecule has 1 heterocycles. The van der Waals surface area contributed by atoms with Crippen molar-refractivity contribution in [1.82, 2.24) is 10.3 Å². The van der Waals surface area contributed by atoms with Crippen molar-refractivity contribution >= 4 is 23.1 Å². The summed E-state index contributed by atoms with van der Waals surface area (Å²) in [6.45, 7) is 5.93. The number of hydrogen-bond acceptors (Lipinski definition) is 7. The van der Waals surface area contributed by atoms with Gasteiger partial charge in [0.2, 0.25) is 0 Å². The molecule has 1 atom stereocenters. The Morgan fingerprint density at radius 3 is 2.31 bits per heavy atom. The Morgan fingerprint density at radius 2 is 1.75 bits per heavy atom. The maximum atomic E-state index is 12.5. The molecule has 0 saturated heterocycles. The van der Waals surface area contributed by atoms with E-state index in [4.69, 9.17) is 14.2 Å². The van der Waals surface area contributed by atoms with E-state index in [0.717, 1.165) is 30.5 Å². The summed E-state index contributed by atoms with van der Waals surface area (Å²) in [5.41, 5.74) is -2.66. The highest BCUT2D eigenvalue weighted by molar-refractivity contribution is 8.00. The highest BCUT2D eigenvalue weighted by Crippen LogP contribution is 2.37. The molecule has 0 saturated carbocycles. The van der Waals surface area contributed by atoms with Crippen molar-refractivity contribution in [1.29, 1.82) is 0 Å². The first-order chi connectivity index (χ1) is 17.2. The number of hydrogen-bond donors (Lipinski definition) is 1. The monoisotopic (exact) mass is 540 g/mol. The number of benzene rings is 2. The summed E-state index contributed by atoms with van der Waals surface area (Å²) >= 11 is 1.61. The molecular formula is C26H31F3N2O3S2. The predicted octanol–water partition coefficient (Wildman–Crippen LogP) is 7.02. The zero-order valence-electron chi connectivity index (χ0n) is 20.8. The third-order valence-corrected chi connectivity index (χ3v) is 7.13. The molecule has 0 fully saturated rings. The largest absolute Gasteiger partial charge is 0.496 e. The van der Waals surface area contributed by atoms with Crippen LogP contribution in [-0.2, 0) is 19.6 Å². The van der Waals surface area contributed by atoms with Gasteiger partial charge in [-0.1, -0.05) is 19.1 Å². The van der Waals surface area contributed by atoms with E-state index in [1.807, 2.05) is 6.20 Å². The van der Waals surface area contributed by atoms with Gasteiger partial charge in [0.25, 0.3) is 0 Å². The van der Waals surface area contributed by atoms with Gasteiger partial charge in [0.1, 0.15) is 23.9 Å². The Kier molecular flexibility index (Phi) is 10.3. The van der Waals surface area contributed by atoms with E-state index in [1.165, 1.54) is 22.0 Å². The van der Waals surface area contributed by atoms with Gasteiger partial charge in [0.05, 0.1) is 24.8 Å². The van der Waals surface area contributed by atoms with Crippen molar-refractivity contribution in [2.24, 2.45) is 5.92 Å². The van der Waals surface area contributed by atoms with Crippen LogP contribution in [0.25, 0.3) is 0 Å². The van der Waals surface area contributed by atoms with Gasteiger partial charge in [-0.2, -0.15) is 13.2 Å². The van der Waals surface area contributed by atoms with Crippen molar-refractivity contribution in [2.45, 2.75) is 50.2 Å². The van der Waals surface area contributed by atoms with Crippen LogP contribution < -0.4 is 19.5 Å². The van der Waals surface area contributed by atoms with E-state index < -0.39 is 5.51 Å². The molecule has 196 valence electrons. The number of aromatic nitrogens is 1. The van der Waals surface area contributed by atoms with Crippen molar-refractivity contribution in [3.63, 3.8) is 0 Å². The lowest BCUT2D eigenvalue weighted by molar-refractivity contribution is -0.0328. The van der Waals surface area contributed by atoms with E-state index in [2.05, 4.69) is 24.1 Å². The summed E-state index contributed by atoms with van der Waals surface area (Å²) in [4.78, 5) is 5.82. The standard InChI is InChI=1S/C26H31F3N2O3S2/c1-17(11-25-31-14-18(2)35-25)9-10-30-15-22-23(32-3)12-20(13-24(22)33-4)34-16-19-5-7-21(8-6-19)36-26(27,28)29/h5-8,12-14,17,30H,9-11,15-16H2,1-4H3. The number of nitrogens with zero attached hydrogens (tertiary/aromatic N) is 1. The van der Waals surface area contributed by atoms with Crippen LogP contribution in [0, 0.1) is 12.8 Å². The number of methoxy groups -OCH3 is 2. The van der Waals surface area contributed by atoms with Crippen LogP contribution in [0.15, 0.2) is 47.5 Å². The maximum Gasteiger partial charge on any atom is 0.446 e. The van der Waals surface area contributed by atoms with Crippen molar-refractivity contribution in [3.05, 3.63) is 63.6 Å². The lowest BCUT2D eigenvalue weighted by Gasteiger charge is -2.17. The molecule has 0 spiro atoms. The molecule has 0 radical (unpaired) electrons. The fourth-order valence-electron chi connectivity index (χ4n) is 3.63. The van der Waals surface area contributed by atoms with Gasteiger partial charge in [0, 0.05) is 41.1 Å². The molecule has 10 heteroatoms. The first kappa shape index (κ1) is 28.1. The molecule has 1 unspecified atom stereocenters. The van der Waals surface area contributed by atoms with Crippen LogP contribution in [-0.4, -0.2) is 31.3 Å². The van der Waals surface area contributed by atoms with Crippen LogP contribution in [0.4, 0.5) is 13.2 Å². The fourth-order valence-corrected chi connectivity index (χ4v) is 5.12. The molecule has 0 bridgehead atoms. The third-order valence-electron chi connectivity index (χ3n) is 5.45. The zero-order valence-corrected chi connectivity index (χ0v) is 22.4. The molecule has 0 aliphatic carbocycles. The number of aryl methyl sites for hydroxylation is 1. The van der Waals surface area contributed by atoms with Gasteiger partial charge < -0.3 is 19.5 Å². The van der Waals surface area contributed by atoms with Crippen LogP contribution >= 0.6 is 23.1 Å². The Morgan fingerprint density at radius 1 is 1.08 bits per heavy atom. The molecular weight excluding hydrogens is 509 g/mol. The van der Waals surface area contributed by atoms with E-state index in [-0.39, 0.29) is 23.3 Å². The van der Waals surface area contributed by atoms with Gasteiger partial charge >= 0.3 is 5.51 Å². The molecule has 3 aromatic rings. The smallest absolute Gasteiger partial charge is 0.446 e. The molecule has 2 aromatic carbocycles. The van der Waals surface area contributed by atoms with Gasteiger partial charge in [-0.25, -0.2) is 4.98 Å². The minimum Gasteiger partial charge on any atom is -0.496 e. The first-order valence-electron chi connectivity index (χ1n) is 11.5. The fraction of sp³-hybridized carbons (Fsp3) is 0.423. The zero-order chi connectivity index (χ0) is 26.1. The first-order valence-corrected chi connectivity index (χ1v) is 13.1.